The molecule has 8 atom stereocenters. The Hall–Kier alpha value is -0.410. The monoisotopic (exact) mass is 320 g/mol. The summed E-state index contributed by atoms with van der Waals surface area (Å²) in [6.07, 6.45) is 7.17. The molecular formula is C20H32O3. The van der Waals surface area contributed by atoms with Gasteiger partial charge in [-0.25, -0.2) is 0 Å². The van der Waals surface area contributed by atoms with Gasteiger partial charge in [0.05, 0.1) is 11.7 Å². The highest BCUT2D eigenvalue weighted by atomic mass is 16.3. The molecule has 0 bridgehead atoms. The minimum atomic E-state index is -0.622. The van der Waals surface area contributed by atoms with Gasteiger partial charge in [-0.15, -0.1) is 0 Å². The molecule has 4 rings (SSSR count). The van der Waals surface area contributed by atoms with Crippen LogP contribution in [0.15, 0.2) is 0 Å². The van der Waals surface area contributed by atoms with Crippen molar-refractivity contribution in [2.24, 2.45) is 34.5 Å². The summed E-state index contributed by atoms with van der Waals surface area (Å²) in [6, 6.07) is 0. The molecule has 3 heteroatoms. The van der Waals surface area contributed by atoms with Gasteiger partial charge in [0, 0.05) is 12.3 Å². The molecule has 0 unspecified atom stereocenters. The Morgan fingerprint density at radius 2 is 1.70 bits per heavy atom. The Morgan fingerprint density at radius 3 is 2.43 bits per heavy atom. The maximum absolute atomic E-state index is 13.1. The van der Waals surface area contributed by atoms with Crippen LogP contribution in [0.3, 0.4) is 0 Å². The molecule has 4 saturated carbocycles. The molecule has 0 aromatic carbocycles. The molecular weight excluding hydrogens is 288 g/mol. The highest BCUT2D eigenvalue weighted by Gasteiger charge is 2.65. The van der Waals surface area contributed by atoms with E-state index in [9.17, 15) is 15.0 Å². The lowest BCUT2D eigenvalue weighted by Crippen LogP contribution is -2.59. The van der Waals surface area contributed by atoms with Crippen LogP contribution in [-0.4, -0.2) is 27.7 Å². The van der Waals surface area contributed by atoms with Crippen molar-refractivity contribution in [2.45, 2.75) is 83.8 Å². The number of fused-ring (bicyclic) bond motifs is 5. The first kappa shape index (κ1) is 16.1. The minimum absolute atomic E-state index is 0.0960. The van der Waals surface area contributed by atoms with Gasteiger partial charge in [-0.3, -0.25) is 4.79 Å². The first-order valence-electron chi connectivity index (χ1n) is 9.62. The zero-order valence-electron chi connectivity index (χ0n) is 14.8. The van der Waals surface area contributed by atoms with E-state index in [4.69, 9.17) is 0 Å². The van der Waals surface area contributed by atoms with E-state index in [0.29, 0.717) is 30.0 Å². The molecule has 4 fully saturated rings. The largest absolute Gasteiger partial charge is 0.393 e. The van der Waals surface area contributed by atoms with Gasteiger partial charge in [-0.2, -0.15) is 0 Å². The molecule has 3 nitrogen and oxygen atoms in total. The number of ketones is 1. The third-order valence-corrected chi connectivity index (χ3v) is 9.00. The molecule has 0 heterocycles. The molecule has 4 aliphatic carbocycles. The smallest absolute Gasteiger partial charge is 0.136 e. The fourth-order valence-corrected chi connectivity index (χ4v) is 7.16. The predicted octanol–water partition coefficient (Wildman–Crippen LogP) is 3.32. The summed E-state index contributed by atoms with van der Waals surface area (Å²) in [5.74, 6) is 1.77. The van der Waals surface area contributed by atoms with Crippen molar-refractivity contribution >= 4 is 5.78 Å². The molecule has 0 aromatic rings. The summed E-state index contributed by atoms with van der Waals surface area (Å²) in [5.41, 5.74) is -0.502. The maximum atomic E-state index is 13.1. The average Bonchev–Trinajstić information content (AvgIpc) is 2.72. The van der Waals surface area contributed by atoms with Gasteiger partial charge in [0.1, 0.15) is 5.78 Å². The second-order valence-electron chi connectivity index (χ2n) is 9.81. The van der Waals surface area contributed by atoms with Crippen molar-refractivity contribution in [1.29, 1.82) is 0 Å². The van der Waals surface area contributed by atoms with Gasteiger partial charge in [-0.05, 0) is 80.5 Å². The van der Waals surface area contributed by atoms with Crippen LogP contribution in [0, 0.1) is 34.5 Å². The number of aliphatic hydroxyl groups is 2. The molecule has 0 aliphatic heterocycles. The highest BCUT2D eigenvalue weighted by molar-refractivity contribution is 5.83. The van der Waals surface area contributed by atoms with Gasteiger partial charge in [0.15, 0.2) is 0 Å². The number of carbonyl (C=O) groups is 1. The van der Waals surface area contributed by atoms with E-state index in [-0.39, 0.29) is 22.9 Å². The van der Waals surface area contributed by atoms with Gasteiger partial charge < -0.3 is 10.2 Å². The Morgan fingerprint density at radius 1 is 1.00 bits per heavy atom. The molecule has 0 aromatic heterocycles. The van der Waals surface area contributed by atoms with E-state index >= 15 is 0 Å². The maximum Gasteiger partial charge on any atom is 0.136 e. The van der Waals surface area contributed by atoms with Crippen LogP contribution in [-0.2, 0) is 4.79 Å². The quantitative estimate of drug-likeness (QED) is 0.720. The van der Waals surface area contributed by atoms with Crippen molar-refractivity contribution in [3.63, 3.8) is 0 Å². The van der Waals surface area contributed by atoms with Crippen molar-refractivity contribution in [3.05, 3.63) is 0 Å². The average molecular weight is 320 g/mol. The number of aliphatic hydroxyl groups excluding tert-OH is 1. The summed E-state index contributed by atoms with van der Waals surface area (Å²) in [6.45, 7) is 6.61. The normalized spacial score (nSPS) is 59.2. The van der Waals surface area contributed by atoms with Crippen molar-refractivity contribution in [3.8, 4) is 0 Å². The van der Waals surface area contributed by atoms with Crippen LogP contribution in [0.1, 0.15) is 72.1 Å². The Bertz CT molecular complexity index is 527. The van der Waals surface area contributed by atoms with Gasteiger partial charge in [-0.1, -0.05) is 13.8 Å². The Labute approximate surface area is 139 Å². The van der Waals surface area contributed by atoms with Crippen LogP contribution in [0.4, 0.5) is 0 Å². The van der Waals surface area contributed by atoms with Crippen LogP contribution in [0.25, 0.3) is 0 Å². The SMILES string of the molecule is C[C@]12CC[C@H](O)C[C@@H]1CC(=O)[C@@H]1[C@@H]2CC[C@@]2(C)[C@H]1CC[C@]2(C)O. The summed E-state index contributed by atoms with van der Waals surface area (Å²) in [5, 5.41) is 21.0. The number of hydrogen-bond donors (Lipinski definition) is 2. The molecule has 0 saturated heterocycles. The summed E-state index contributed by atoms with van der Waals surface area (Å²) >= 11 is 0. The number of carbonyl (C=O) groups excluding carboxylic acids is 1. The summed E-state index contributed by atoms with van der Waals surface area (Å²) in [7, 11) is 0. The first-order valence-corrected chi connectivity index (χ1v) is 9.62. The fourth-order valence-electron chi connectivity index (χ4n) is 7.16. The van der Waals surface area contributed by atoms with Crippen LogP contribution in [0.5, 0.6) is 0 Å². The molecule has 2 N–H and O–H groups in total. The van der Waals surface area contributed by atoms with E-state index in [2.05, 4.69) is 13.8 Å². The van der Waals surface area contributed by atoms with Crippen LogP contribution in [0.2, 0.25) is 0 Å². The number of Topliss-reactive ketones (excluding diaryl/α,β-unsaturated/α-hetero) is 1. The zero-order valence-corrected chi connectivity index (χ0v) is 14.8. The van der Waals surface area contributed by atoms with Gasteiger partial charge >= 0.3 is 0 Å². The van der Waals surface area contributed by atoms with E-state index in [1.807, 2.05) is 6.92 Å². The predicted molar refractivity (Wildman–Crippen MR) is 88.7 cm³/mol. The van der Waals surface area contributed by atoms with Gasteiger partial charge in [0.2, 0.25) is 0 Å². The zero-order chi connectivity index (χ0) is 16.6. The number of hydrogen-bond acceptors (Lipinski definition) is 3. The fraction of sp³-hybridized carbons (Fsp3) is 0.950. The van der Waals surface area contributed by atoms with Gasteiger partial charge in [0.25, 0.3) is 0 Å². The third kappa shape index (κ3) is 1.99. The first-order chi connectivity index (χ1) is 10.7. The van der Waals surface area contributed by atoms with E-state index in [0.717, 1.165) is 44.9 Å². The van der Waals surface area contributed by atoms with Crippen molar-refractivity contribution < 1.29 is 15.0 Å². The van der Waals surface area contributed by atoms with Crippen LogP contribution >= 0.6 is 0 Å². The summed E-state index contributed by atoms with van der Waals surface area (Å²) < 4.78 is 0. The lowest BCUT2D eigenvalue weighted by atomic mass is 9.44. The van der Waals surface area contributed by atoms with E-state index in [1.54, 1.807) is 0 Å². The molecule has 0 spiro atoms. The third-order valence-electron chi connectivity index (χ3n) is 9.00. The minimum Gasteiger partial charge on any atom is -0.393 e. The van der Waals surface area contributed by atoms with Crippen LogP contribution < -0.4 is 0 Å². The van der Waals surface area contributed by atoms with Crippen molar-refractivity contribution in [2.75, 3.05) is 0 Å². The Kier molecular flexibility index (Phi) is 3.37. The summed E-state index contributed by atoms with van der Waals surface area (Å²) in [4.78, 5) is 13.1. The molecule has 23 heavy (non-hydrogen) atoms. The highest BCUT2D eigenvalue weighted by Crippen LogP contribution is 2.67. The van der Waals surface area contributed by atoms with E-state index < -0.39 is 5.60 Å². The second-order valence-corrected chi connectivity index (χ2v) is 9.81. The molecule has 0 radical (unpaired) electrons. The molecule has 130 valence electrons. The lowest BCUT2D eigenvalue weighted by Gasteiger charge is -2.60. The second kappa shape index (κ2) is 4.82. The van der Waals surface area contributed by atoms with Crippen molar-refractivity contribution in [1.82, 2.24) is 0 Å². The molecule has 4 aliphatic rings. The molecule has 0 amide bonds. The standard InChI is InChI=1S/C20H32O3/c1-18-7-4-13(21)10-12(18)11-16(22)17-14(18)5-8-19(2)15(17)6-9-20(19,3)23/h12-15,17,21,23H,4-11H2,1-3H3/t12-,13+,14+,15+,17-,18+,19+,20+/m1/s1. The lowest BCUT2D eigenvalue weighted by molar-refractivity contribution is -0.169. The number of rotatable bonds is 0. The van der Waals surface area contributed by atoms with E-state index in [1.165, 1.54) is 0 Å². The Balaban J connectivity index is 1.70. The topological polar surface area (TPSA) is 57.5 Å².